The van der Waals surface area contributed by atoms with Gasteiger partial charge in [0.2, 0.25) is 0 Å². The van der Waals surface area contributed by atoms with Gasteiger partial charge in [-0.3, -0.25) is 9.69 Å². The molecule has 2 aliphatic heterocycles. The minimum atomic E-state index is -0.990. The number of anilines is 1. The van der Waals surface area contributed by atoms with Crippen LogP contribution in [0.25, 0.3) is 0 Å². The van der Waals surface area contributed by atoms with Crippen molar-refractivity contribution in [1.82, 2.24) is 5.32 Å². The highest BCUT2D eigenvalue weighted by Crippen LogP contribution is 2.32. The van der Waals surface area contributed by atoms with Crippen molar-refractivity contribution in [2.24, 2.45) is 0 Å². The minimum absolute atomic E-state index is 0.101. The second-order valence-electron chi connectivity index (χ2n) is 5.79. The highest BCUT2D eigenvalue weighted by Gasteiger charge is 2.40. The number of hydrogen-bond donors (Lipinski definition) is 2. The minimum Gasteiger partial charge on any atom is -0.480 e. The van der Waals surface area contributed by atoms with E-state index in [1.54, 1.807) is 12.1 Å². The van der Waals surface area contributed by atoms with Gasteiger partial charge < -0.3 is 15.2 Å². The van der Waals surface area contributed by atoms with E-state index in [0.29, 0.717) is 25.2 Å². The summed E-state index contributed by atoms with van der Waals surface area (Å²) in [5.74, 6) is -1.29. The van der Waals surface area contributed by atoms with Crippen molar-refractivity contribution in [2.75, 3.05) is 24.6 Å². The summed E-state index contributed by atoms with van der Waals surface area (Å²) >= 11 is 0. The van der Waals surface area contributed by atoms with E-state index < -0.39 is 12.0 Å². The van der Waals surface area contributed by atoms with E-state index in [-0.39, 0.29) is 18.1 Å². The van der Waals surface area contributed by atoms with Crippen LogP contribution in [-0.2, 0) is 20.7 Å². The molecule has 6 heteroatoms. The number of carboxylic acids is 1. The average Bonchev–Trinajstić information content (AvgIpc) is 2.82. The standard InChI is InChI=1S/C15H18N2O4/c1-15(8-16-9-15)21-7-13(18)17-11-5-3-2-4-10(11)6-12(17)14(19)20/h2-5,12,16H,6-9H2,1H3,(H,19,20)/t12-/m0/s1. The molecule has 1 saturated heterocycles. The molecule has 112 valence electrons. The van der Waals surface area contributed by atoms with Crippen molar-refractivity contribution in [3.8, 4) is 0 Å². The number of rotatable bonds is 4. The molecule has 2 heterocycles. The third kappa shape index (κ3) is 2.52. The summed E-state index contributed by atoms with van der Waals surface area (Å²) < 4.78 is 5.64. The second-order valence-corrected chi connectivity index (χ2v) is 5.79. The number of carbonyl (C=O) groups is 2. The van der Waals surface area contributed by atoms with Crippen molar-refractivity contribution < 1.29 is 19.4 Å². The molecule has 0 spiro atoms. The summed E-state index contributed by atoms with van der Waals surface area (Å²) in [5, 5.41) is 12.4. The Labute approximate surface area is 122 Å². The number of hydrogen-bond acceptors (Lipinski definition) is 4. The first-order valence-electron chi connectivity index (χ1n) is 6.98. The van der Waals surface area contributed by atoms with Gasteiger partial charge in [0.1, 0.15) is 12.6 Å². The van der Waals surface area contributed by atoms with Crippen LogP contribution in [0.4, 0.5) is 5.69 Å². The largest absolute Gasteiger partial charge is 0.480 e. The predicted octanol–water partition coefficient (Wildman–Crippen LogP) is 0.407. The normalized spacial score (nSPS) is 22.5. The van der Waals surface area contributed by atoms with Crippen LogP contribution in [0, 0.1) is 0 Å². The molecule has 6 nitrogen and oxygen atoms in total. The molecule has 2 N–H and O–H groups in total. The summed E-state index contributed by atoms with van der Waals surface area (Å²) in [7, 11) is 0. The lowest BCUT2D eigenvalue weighted by Gasteiger charge is -2.39. The molecule has 1 aromatic rings. The molecule has 0 aromatic heterocycles. The maximum absolute atomic E-state index is 12.4. The van der Waals surface area contributed by atoms with Gasteiger partial charge in [-0.15, -0.1) is 0 Å². The molecule has 3 rings (SSSR count). The maximum Gasteiger partial charge on any atom is 0.327 e. The van der Waals surface area contributed by atoms with Gasteiger partial charge in [0.15, 0.2) is 0 Å². The fraction of sp³-hybridized carbons (Fsp3) is 0.467. The number of amides is 1. The zero-order valence-corrected chi connectivity index (χ0v) is 11.8. The van der Waals surface area contributed by atoms with E-state index >= 15 is 0 Å². The summed E-state index contributed by atoms with van der Waals surface area (Å²) in [6, 6.07) is 6.45. The molecule has 0 unspecified atom stereocenters. The van der Waals surface area contributed by atoms with E-state index in [1.165, 1.54) is 4.90 Å². The highest BCUT2D eigenvalue weighted by atomic mass is 16.5. The van der Waals surface area contributed by atoms with E-state index in [9.17, 15) is 14.7 Å². The molecule has 1 fully saturated rings. The van der Waals surface area contributed by atoms with E-state index in [0.717, 1.165) is 5.56 Å². The Balaban J connectivity index is 1.77. The first-order chi connectivity index (χ1) is 10.0. The quantitative estimate of drug-likeness (QED) is 0.839. The van der Waals surface area contributed by atoms with E-state index in [1.807, 2.05) is 19.1 Å². The number of nitrogens with one attached hydrogen (secondary N) is 1. The van der Waals surface area contributed by atoms with Crippen LogP contribution in [0.2, 0.25) is 0 Å². The Hall–Kier alpha value is -1.92. The van der Waals surface area contributed by atoms with Gasteiger partial charge in [-0.25, -0.2) is 4.79 Å². The number of ether oxygens (including phenoxy) is 1. The SMILES string of the molecule is CC1(OCC(=O)N2c3ccccc3C[C@H]2C(=O)O)CNC1. The van der Waals surface area contributed by atoms with Crippen molar-refractivity contribution in [2.45, 2.75) is 25.0 Å². The molecule has 2 aliphatic rings. The van der Waals surface area contributed by atoms with Crippen molar-refractivity contribution >= 4 is 17.6 Å². The van der Waals surface area contributed by atoms with Crippen LogP contribution in [-0.4, -0.2) is 48.3 Å². The summed E-state index contributed by atoms with van der Waals surface area (Å²) in [5.41, 5.74) is 1.23. The zero-order valence-electron chi connectivity index (χ0n) is 11.8. The van der Waals surface area contributed by atoms with E-state index in [2.05, 4.69) is 5.32 Å². The van der Waals surface area contributed by atoms with Gasteiger partial charge in [0.05, 0.1) is 5.60 Å². The van der Waals surface area contributed by atoms with E-state index in [4.69, 9.17) is 4.74 Å². The highest BCUT2D eigenvalue weighted by molar-refractivity contribution is 6.02. The Morgan fingerprint density at radius 3 is 2.76 bits per heavy atom. The first-order valence-corrected chi connectivity index (χ1v) is 6.98. The monoisotopic (exact) mass is 290 g/mol. The molecular weight excluding hydrogens is 272 g/mol. The van der Waals surface area contributed by atoms with Crippen LogP contribution >= 0.6 is 0 Å². The van der Waals surface area contributed by atoms with Gasteiger partial charge >= 0.3 is 5.97 Å². The van der Waals surface area contributed by atoms with Gasteiger partial charge in [0.25, 0.3) is 5.91 Å². The molecule has 1 amide bonds. The number of carboxylic acid groups (broad SMARTS) is 1. The molecule has 0 saturated carbocycles. The Morgan fingerprint density at radius 2 is 2.14 bits per heavy atom. The lowest BCUT2D eigenvalue weighted by molar-refractivity contribution is -0.142. The first kappa shape index (κ1) is 14.0. The third-order valence-electron chi connectivity index (χ3n) is 4.07. The van der Waals surface area contributed by atoms with Crippen LogP contribution in [0.5, 0.6) is 0 Å². The van der Waals surface area contributed by atoms with Gasteiger partial charge in [-0.1, -0.05) is 18.2 Å². The smallest absolute Gasteiger partial charge is 0.327 e. The van der Waals surface area contributed by atoms with Crippen molar-refractivity contribution in [3.05, 3.63) is 29.8 Å². The number of aliphatic carboxylic acids is 1. The molecule has 21 heavy (non-hydrogen) atoms. The molecule has 1 atom stereocenters. The van der Waals surface area contributed by atoms with Crippen LogP contribution in [0.3, 0.4) is 0 Å². The number of carbonyl (C=O) groups excluding carboxylic acids is 1. The Morgan fingerprint density at radius 1 is 1.43 bits per heavy atom. The van der Waals surface area contributed by atoms with Crippen molar-refractivity contribution in [1.29, 1.82) is 0 Å². The number of para-hydroxylation sites is 1. The van der Waals surface area contributed by atoms with Gasteiger partial charge in [-0.2, -0.15) is 0 Å². The average molecular weight is 290 g/mol. The molecular formula is C15H18N2O4. The van der Waals surface area contributed by atoms with Crippen LogP contribution in [0.15, 0.2) is 24.3 Å². The second kappa shape index (κ2) is 5.13. The zero-order chi connectivity index (χ0) is 15.0. The Bertz CT molecular complexity index is 583. The molecule has 0 aliphatic carbocycles. The van der Waals surface area contributed by atoms with Crippen molar-refractivity contribution in [3.63, 3.8) is 0 Å². The van der Waals surface area contributed by atoms with Gasteiger partial charge in [0, 0.05) is 25.2 Å². The lowest BCUT2D eigenvalue weighted by atomic mass is 10.0. The van der Waals surface area contributed by atoms with Gasteiger partial charge in [-0.05, 0) is 18.6 Å². The summed E-state index contributed by atoms with van der Waals surface area (Å²) in [6.45, 7) is 3.25. The molecule has 1 aromatic carbocycles. The van der Waals surface area contributed by atoms with Crippen LogP contribution < -0.4 is 10.2 Å². The van der Waals surface area contributed by atoms with Crippen LogP contribution in [0.1, 0.15) is 12.5 Å². The number of nitrogens with zero attached hydrogens (tertiary/aromatic N) is 1. The number of benzene rings is 1. The Kier molecular flexibility index (Phi) is 3.43. The summed E-state index contributed by atoms with van der Waals surface area (Å²) in [4.78, 5) is 25.2. The fourth-order valence-corrected chi connectivity index (χ4v) is 2.78. The molecule has 0 bridgehead atoms. The topological polar surface area (TPSA) is 78.9 Å². The lowest BCUT2D eigenvalue weighted by Crippen LogP contribution is -2.60. The maximum atomic E-state index is 12.4. The molecule has 0 radical (unpaired) electrons. The third-order valence-corrected chi connectivity index (χ3v) is 4.07. The predicted molar refractivity (Wildman–Crippen MR) is 76.3 cm³/mol. The fourth-order valence-electron chi connectivity index (χ4n) is 2.78. The number of fused-ring (bicyclic) bond motifs is 1. The summed E-state index contributed by atoms with van der Waals surface area (Å²) in [6.07, 6.45) is 0.343.